The van der Waals surface area contributed by atoms with Gasteiger partial charge < -0.3 is 10.2 Å². The topological polar surface area (TPSA) is 74.8 Å². The van der Waals surface area contributed by atoms with Gasteiger partial charge >= 0.3 is 5.97 Å². The van der Waals surface area contributed by atoms with Gasteiger partial charge in [0.2, 0.25) is 0 Å². The summed E-state index contributed by atoms with van der Waals surface area (Å²) in [5, 5.41) is 18.7. The monoisotopic (exact) mass is 294 g/mol. The molecule has 0 aromatic carbocycles. The van der Waals surface area contributed by atoms with Gasteiger partial charge in [-0.1, -0.05) is 11.6 Å². The van der Waals surface area contributed by atoms with E-state index in [1.54, 1.807) is 16.5 Å². The van der Waals surface area contributed by atoms with Gasteiger partial charge in [0.1, 0.15) is 5.75 Å². The van der Waals surface area contributed by atoms with E-state index in [1.807, 2.05) is 0 Å². The third-order valence-corrected chi connectivity index (χ3v) is 3.84. The van der Waals surface area contributed by atoms with Gasteiger partial charge in [0.05, 0.1) is 20.9 Å². The third-order valence-electron chi connectivity index (χ3n) is 2.62. The minimum absolute atomic E-state index is 0.0331. The molecule has 96 valence electrons. The number of halogens is 1. The Morgan fingerprint density at radius 1 is 1.32 bits per heavy atom. The molecule has 7 heteroatoms. The quantitative estimate of drug-likeness (QED) is 0.761. The molecule has 0 atom stereocenters. The standard InChI is InChI=1S/C12H7ClN2O3S/c13-9-4-3-8(19-9)11-14-10(12(17)18)7-2-1-6(16)5-15(7)11/h1-5,16H,(H,17,18). The number of fused-ring (bicyclic) bond motifs is 1. The summed E-state index contributed by atoms with van der Waals surface area (Å²) >= 11 is 7.17. The van der Waals surface area contributed by atoms with Gasteiger partial charge in [-0.2, -0.15) is 0 Å². The minimum atomic E-state index is -1.11. The van der Waals surface area contributed by atoms with Crippen LogP contribution < -0.4 is 0 Å². The smallest absolute Gasteiger partial charge is 0.356 e. The van der Waals surface area contributed by atoms with Crippen molar-refractivity contribution < 1.29 is 15.0 Å². The number of hydrogen-bond acceptors (Lipinski definition) is 4. The Kier molecular flexibility index (Phi) is 2.69. The van der Waals surface area contributed by atoms with E-state index in [4.69, 9.17) is 16.7 Å². The molecule has 0 spiro atoms. The number of rotatable bonds is 2. The van der Waals surface area contributed by atoms with Crippen LogP contribution in [0, 0.1) is 0 Å². The van der Waals surface area contributed by atoms with E-state index in [0.717, 1.165) is 4.88 Å². The Bertz CT molecular complexity index is 793. The number of aromatic hydroxyl groups is 1. The van der Waals surface area contributed by atoms with Gasteiger partial charge in [-0.05, 0) is 24.3 Å². The zero-order chi connectivity index (χ0) is 13.6. The van der Waals surface area contributed by atoms with Crippen molar-refractivity contribution in [3.05, 3.63) is 40.5 Å². The first-order chi connectivity index (χ1) is 9.06. The molecule has 0 saturated heterocycles. The molecule has 3 heterocycles. The van der Waals surface area contributed by atoms with Crippen LogP contribution in [0.1, 0.15) is 10.5 Å². The predicted molar refractivity (Wildman–Crippen MR) is 72.1 cm³/mol. The maximum absolute atomic E-state index is 11.2. The maximum Gasteiger partial charge on any atom is 0.356 e. The number of imidazole rings is 1. The van der Waals surface area contributed by atoms with Crippen molar-refractivity contribution in [1.82, 2.24) is 9.38 Å². The summed E-state index contributed by atoms with van der Waals surface area (Å²) in [5.74, 6) is -0.636. The van der Waals surface area contributed by atoms with Crippen molar-refractivity contribution in [1.29, 1.82) is 0 Å². The van der Waals surface area contributed by atoms with Crippen molar-refractivity contribution >= 4 is 34.4 Å². The molecule has 0 fully saturated rings. The first-order valence-electron chi connectivity index (χ1n) is 5.26. The highest BCUT2D eigenvalue weighted by Gasteiger charge is 2.18. The van der Waals surface area contributed by atoms with Gasteiger partial charge in [-0.25, -0.2) is 9.78 Å². The molecule has 0 amide bonds. The van der Waals surface area contributed by atoms with E-state index >= 15 is 0 Å². The number of carboxylic acid groups (broad SMARTS) is 1. The Morgan fingerprint density at radius 2 is 2.11 bits per heavy atom. The highest BCUT2D eigenvalue weighted by atomic mass is 35.5. The van der Waals surface area contributed by atoms with Crippen LogP contribution >= 0.6 is 22.9 Å². The van der Waals surface area contributed by atoms with Gasteiger partial charge in [0, 0.05) is 0 Å². The van der Waals surface area contributed by atoms with Crippen molar-refractivity contribution in [3.8, 4) is 16.5 Å². The Labute approximate surface area is 116 Å². The van der Waals surface area contributed by atoms with E-state index in [-0.39, 0.29) is 11.4 Å². The summed E-state index contributed by atoms with van der Waals surface area (Å²) < 4.78 is 2.13. The van der Waals surface area contributed by atoms with Crippen molar-refractivity contribution in [2.45, 2.75) is 0 Å². The molecule has 0 bridgehead atoms. The lowest BCUT2D eigenvalue weighted by Crippen LogP contribution is -1.97. The second kappa shape index (κ2) is 4.25. The zero-order valence-electron chi connectivity index (χ0n) is 9.37. The second-order valence-corrected chi connectivity index (χ2v) is 5.55. The molecule has 0 aliphatic heterocycles. The van der Waals surface area contributed by atoms with Crippen LogP contribution in [-0.4, -0.2) is 25.6 Å². The van der Waals surface area contributed by atoms with Crippen LogP contribution in [-0.2, 0) is 0 Å². The largest absolute Gasteiger partial charge is 0.506 e. The van der Waals surface area contributed by atoms with E-state index in [1.165, 1.54) is 29.7 Å². The van der Waals surface area contributed by atoms with Gasteiger partial charge in [-0.3, -0.25) is 4.40 Å². The molecule has 3 aromatic rings. The summed E-state index contributed by atoms with van der Waals surface area (Å²) in [6.07, 6.45) is 1.43. The Hall–Kier alpha value is -2.05. The van der Waals surface area contributed by atoms with Crippen molar-refractivity contribution in [2.75, 3.05) is 0 Å². The molecule has 3 aromatic heterocycles. The molecule has 0 aliphatic carbocycles. The summed E-state index contributed by atoms with van der Waals surface area (Å²) in [6, 6.07) is 6.42. The zero-order valence-corrected chi connectivity index (χ0v) is 10.9. The summed E-state index contributed by atoms with van der Waals surface area (Å²) in [5.41, 5.74) is 0.365. The van der Waals surface area contributed by atoms with Crippen LogP contribution in [0.25, 0.3) is 16.2 Å². The highest BCUT2D eigenvalue weighted by molar-refractivity contribution is 7.19. The number of aromatic carboxylic acids is 1. The fraction of sp³-hybridized carbons (Fsp3) is 0. The lowest BCUT2D eigenvalue weighted by atomic mass is 10.3. The van der Waals surface area contributed by atoms with E-state index < -0.39 is 5.97 Å². The lowest BCUT2D eigenvalue weighted by Gasteiger charge is -1.99. The number of nitrogens with zero attached hydrogens (tertiary/aromatic N) is 2. The van der Waals surface area contributed by atoms with Crippen LogP contribution in [0.15, 0.2) is 30.5 Å². The number of carboxylic acids is 1. The van der Waals surface area contributed by atoms with E-state index in [0.29, 0.717) is 15.7 Å². The Balaban J connectivity index is 2.35. The predicted octanol–water partition coefficient (Wildman–Crippen LogP) is 3.12. The van der Waals surface area contributed by atoms with E-state index in [2.05, 4.69) is 4.98 Å². The molecule has 19 heavy (non-hydrogen) atoms. The summed E-state index contributed by atoms with van der Waals surface area (Å²) in [4.78, 5) is 16.0. The molecule has 0 radical (unpaired) electrons. The minimum Gasteiger partial charge on any atom is -0.506 e. The van der Waals surface area contributed by atoms with E-state index in [9.17, 15) is 9.90 Å². The van der Waals surface area contributed by atoms with Crippen LogP contribution in [0.3, 0.4) is 0 Å². The molecular weight excluding hydrogens is 288 g/mol. The molecule has 2 N–H and O–H groups in total. The van der Waals surface area contributed by atoms with Crippen molar-refractivity contribution in [3.63, 3.8) is 0 Å². The summed E-state index contributed by atoms with van der Waals surface area (Å²) in [6.45, 7) is 0. The van der Waals surface area contributed by atoms with Gasteiger partial charge in [0.25, 0.3) is 0 Å². The highest BCUT2D eigenvalue weighted by Crippen LogP contribution is 2.32. The van der Waals surface area contributed by atoms with Gasteiger partial charge in [0.15, 0.2) is 11.5 Å². The van der Waals surface area contributed by atoms with Crippen LogP contribution in [0.4, 0.5) is 0 Å². The average molecular weight is 295 g/mol. The fourth-order valence-corrected chi connectivity index (χ4v) is 2.87. The molecule has 5 nitrogen and oxygen atoms in total. The lowest BCUT2D eigenvalue weighted by molar-refractivity contribution is 0.0693. The second-order valence-electron chi connectivity index (χ2n) is 3.84. The van der Waals surface area contributed by atoms with Crippen LogP contribution in [0.2, 0.25) is 4.34 Å². The fourth-order valence-electron chi connectivity index (χ4n) is 1.84. The SMILES string of the molecule is O=C(O)c1nc(-c2ccc(Cl)s2)n2cc(O)ccc12. The molecule has 3 rings (SSSR count). The molecular formula is C12H7ClN2O3S. The van der Waals surface area contributed by atoms with Gasteiger partial charge in [-0.15, -0.1) is 11.3 Å². The number of thiophene rings is 1. The first-order valence-corrected chi connectivity index (χ1v) is 6.46. The summed E-state index contributed by atoms with van der Waals surface area (Å²) in [7, 11) is 0. The molecule has 0 saturated carbocycles. The number of carbonyl (C=O) groups is 1. The molecule has 0 unspecified atom stereocenters. The average Bonchev–Trinajstić information content (AvgIpc) is 2.92. The first kappa shape index (κ1) is 12.0. The Morgan fingerprint density at radius 3 is 2.74 bits per heavy atom. The number of aromatic nitrogens is 2. The number of pyridine rings is 1. The maximum atomic E-state index is 11.2. The number of hydrogen-bond donors (Lipinski definition) is 2. The van der Waals surface area contributed by atoms with Crippen molar-refractivity contribution in [2.24, 2.45) is 0 Å². The molecule has 0 aliphatic rings. The van der Waals surface area contributed by atoms with Crippen LogP contribution in [0.5, 0.6) is 5.75 Å². The third kappa shape index (κ3) is 1.94. The normalized spacial score (nSPS) is 11.0.